The number of halogens is 1. The lowest BCUT2D eigenvalue weighted by Gasteiger charge is -2.16. The van der Waals surface area contributed by atoms with Gasteiger partial charge in [-0.2, -0.15) is 5.26 Å². The highest BCUT2D eigenvalue weighted by atomic mass is 35.5. The van der Waals surface area contributed by atoms with Crippen molar-refractivity contribution >= 4 is 17.8 Å². The molecule has 0 heterocycles. The minimum atomic E-state index is -0.490. The smallest absolute Gasteiger partial charge is 0.152 e. The van der Waals surface area contributed by atoms with Crippen molar-refractivity contribution in [2.24, 2.45) is 15.8 Å². The van der Waals surface area contributed by atoms with Gasteiger partial charge in [0.1, 0.15) is 0 Å². The monoisotopic (exact) mass is 212 g/mol. The fourth-order valence-electron chi connectivity index (χ4n) is 1.35. The van der Waals surface area contributed by atoms with E-state index in [9.17, 15) is 0 Å². The van der Waals surface area contributed by atoms with Crippen LogP contribution in [0.2, 0.25) is 0 Å². The first-order valence-corrected chi connectivity index (χ1v) is 5.36. The summed E-state index contributed by atoms with van der Waals surface area (Å²) in [4.78, 5) is 4.41. The minimum absolute atomic E-state index is 0.0284. The Morgan fingerprint density at radius 2 is 2.07 bits per heavy atom. The van der Waals surface area contributed by atoms with Crippen LogP contribution < -0.4 is 0 Å². The Kier molecular flexibility index (Phi) is 2.67. The van der Waals surface area contributed by atoms with Gasteiger partial charge < -0.3 is 0 Å². The molecule has 1 rings (SSSR count). The summed E-state index contributed by atoms with van der Waals surface area (Å²) in [6.07, 6.45) is 2.68. The van der Waals surface area contributed by atoms with E-state index in [1.807, 2.05) is 20.1 Å². The molecule has 0 radical (unpaired) electrons. The van der Waals surface area contributed by atoms with Gasteiger partial charge in [0.15, 0.2) is 5.54 Å². The first-order chi connectivity index (χ1) is 6.29. The second kappa shape index (κ2) is 3.24. The summed E-state index contributed by atoms with van der Waals surface area (Å²) in [7, 11) is 0. The fraction of sp³-hybridized carbons (Fsp3) is 0.818. The lowest BCUT2D eigenvalue weighted by Crippen LogP contribution is -2.19. The number of aliphatic imine (C=N–C) groups is 1. The number of nitriles is 1. The molecule has 1 atom stereocenters. The number of nitrogens with zero attached hydrogens (tertiary/aromatic N) is 2. The van der Waals surface area contributed by atoms with E-state index in [1.165, 1.54) is 0 Å². The molecule has 1 fully saturated rings. The highest BCUT2D eigenvalue weighted by Gasteiger charge is 2.62. The SMILES string of the molecule is CC(C)(C=NC1(C#N)CC1(C)C)CCl. The number of hydrogen-bond acceptors (Lipinski definition) is 2. The third-order valence-corrected chi connectivity index (χ3v) is 3.55. The molecule has 0 bridgehead atoms. The maximum absolute atomic E-state index is 9.06. The maximum Gasteiger partial charge on any atom is 0.152 e. The number of alkyl halides is 1. The van der Waals surface area contributed by atoms with Crippen LogP contribution in [0.4, 0.5) is 0 Å². The summed E-state index contributed by atoms with van der Waals surface area (Å²) in [5.74, 6) is 0.526. The van der Waals surface area contributed by atoms with E-state index >= 15 is 0 Å². The summed E-state index contributed by atoms with van der Waals surface area (Å²) in [5.41, 5.74) is -0.582. The standard InChI is InChI=1S/C11H17ClN2/c1-9(2,6-12)8-14-11(7-13)5-10(11,3)4/h8H,5-6H2,1-4H3. The van der Waals surface area contributed by atoms with Crippen LogP contribution in [0.15, 0.2) is 4.99 Å². The van der Waals surface area contributed by atoms with Crippen LogP contribution in [-0.4, -0.2) is 17.6 Å². The summed E-state index contributed by atoms with van der Waals surface area (Å²) < 4.78 is 0. The van der Waals surface area contributed by atoms with Crippen molar-refractivity contribution in [3.63, 3.8) is 0 Å². The highest BCUT2D eigenvalue weighted by Crippen LogP contribution is 2.58. The quantitative estimate of drug-likeness (QED) is 0.523. The van der Waals surface area contributed by atoms with Gasteiger partial charge in [-0.1, -0.05) is 27.7 Å². The largest absolute Gasteiger partial charge is 0.274 e. The zero-order valence-corrected chi connectivity index (χ0v) is 10.0. The fourth-order valence-corrected chi connectivity index (χ4v) is 1.42. The Morgan fingerprint density at radius 1 is 1.57 bits per heavy atom. The molecule has 78 valence electrons. The Balaban J connectivity index is 2.76. The van der Waals surface area contributed by atoms with Gasteiger partial charge in [-0.25, -0.2) is 0 Å². The Labute approximate surface area is 91.0 Å². The van der Waals surface area contributed by atoms with Gasteiger partial charge in [0.05, 0.1) is 6.07 Å². The summed E-state index contributed by atoms with van der Waals surface area (Å²) in [5, 5.41) is 9.06. The van der Waals surface area contributed by atoms with Gasteiger partial charge in [0, 0.05) is 22.9 Å². The molecule has 1 saturated carbocycles. The van der Waals surface area contributed by atoms with Crippen molar-refractivity contribution < 1.29 is 0 Å². The van der Waals surface area contributed by atoms with E-state index in [-0.39, 0.29) is 10.8 Å². The van der Waals surface area contributed by atoms with E-state index < -0.39 is 5.54 Å². The highest BCUT2D eigenvalue weighted by molar-refractivity contribution is 6.19. The second-order valence-corrected chi connectivity index (χ2v) is 5.68. The third kappa shape index (κ3) is 1.93. The van der Waals surface area contributed by atoms with Gasteiger partial charge >= 0.3 is 0 Å². The van der Waals surface area contributed by atoms with Crippen LogP contribution in [0, 0.1) is 22.2 Å². The van der Waals surface area contributed by atoms with E-state index in [4.69, 9.17) is 16.9 Å². The molecule has 0 amide bonds. The normalized spacial score (nSPS) is 30.3. The molecule has 0 saturated heterocycles. The van der Waals surface area contributed by atoms with Crippen LogP contribution in [0.25, 0.3) is 0 Å². The second-order valence-electron chi connectivity index (χ2n) is 5.41. The van der Waals surface area contributed by atoms with Gasteiger partial charge in [-0.15, -0.1) is 11.6 Å². The first-order valence-electron chi connectivity index (χ1n) is 4.82. The van der Waals surface area contributed by atoms with Crippen molar-refractivity contribution in [1.82, 2.24) is 0 Å². The van der Waals surface area contributed by atoms with Crippen molar-refractivity contribution in [2.75, 3.05) is 5.88 Å². The maximum atomic E-state index is 9.06. The van der Waals surface area contributed by atoms with E-state index in [1.54, 1.807) is 0 Å². The molecule has 0 aromatic rings. The Hall–Kier alpha value is -0.550. The predicted octanol–water partition coefficient (Wildman–Crippen LogP) is 3.01. The van der Waals surface area contributed by atoms with Crippen molar-refractivity contribution in [1.29, 1.82) is 5.26 Å². The lowest BCUT2D eigenvalue weighted by atomic mass is 9.98. The van der Waals surface area contributed by atoms with Crippen LogP contribution >= 0.6 is 11.6 Å². The van der Waals surface area contributed by atoms with Crippen LogP contribution in [0.1, 0.15) is 34.1 Å². The zero-order valence-electron chi connectivity index (χ0n) is 9.26. The molecule has 1 aliphatic rings. The number of hydrogen-bond donors (Lipinski definition) is 0. The van der Waals surface area contributed by atoms with Gasteiger partial charge in [-0.3, -0.25) is 4.99 Å². The molecule has 1 unspecified atom stereocenters. The molecule has 2 nitrogen and oxygen atoms in total. The predicted molar refractivity (Wildman–Crippen MR) is 59.7 cm³/mol. The Morgan fingerprint density at radius 3 is 2.36 bits per heavy atom. The minimum Gasteiger partial charge on any atom is -0.274 e. The molecule has 0 aromatic carbocycles. The van der Waals surface area contributed by atoms with Gasteiger partial charge in [0.2, 0.25) is 0 Å². The molecule has 0 spiro atoms. The van der Waals surface area contributed by atoms with Crippen LogP contribution in [0.5, 0.6) is 0 Å². The average Bonchev–Trinajstić information content (AvgIpc) is 2.66. The van der Waals surface area contributed by atoms with E-state index in [2.05, 4.69) is 24.9 Å². The summed E-state index contributed by atoms with van der Waals surface area (Å²) in [6.45, 7) is 8.18. The van der Waals surface area contributed by atoms with Gasteiger partial charge in [-0.05, 0) is 6.42 Å². The Bertz CT molecular complexity index is 299. The zero-order chi connectivity index (χ0) is 11.0. The molecule has 14 heavy (non-hydrogen) atoms. The van der Waals surface area contributed by atoms with Crippen molar-refractivity contribution in [3.05, 3.63) is 0 Å². The van der Waals surface area contributed by atoms with E-state index in [0.29, 0.717) is 5.88 Å². The molecule has 0 aromatic heterocycles. The molecular formula is C11H17ClN2. The van der Waals surface area contributed by atoms with Crippen molar-refractivity contribution in [2.45, 2.75) is 39.7 Å². The lowest BCUT2D eigenvalue weighted by molar-refractivity contribution is 0.555. The van der Waals surface area contributed by atoms with Gasteiger partial charge in [0.25, 0.3) is 0 Å². The molecular weight excluding hydrogens is 196 g/mol. The summed E-state index contributed by atoms with van der Waals surface area (Å²) >= 11 is 5.78. The summed E-state index contributed by atoms with van der Waals surface area (Å²) in [6, 6.07) is 2.30. The number of rotatable bonds is 3. The first kappa shape index (κ1) is 11.5. The van der Waals surface area contributed by atoms with Crippen LogP contribution in [-0.2, 0) is 0 Å². The molecule has 3 heteroatoms. The van der Waals surface area contributed by atoms with Crippen LogP contribution in [0.3, 0.4) is 0 Å². The third-order valence-electron chi connectivity index (χ3n) is 2.86. The topological polar surface area (TPSA) is 36.1 Å². The van der Waals surface area contributed by atoms with Crippen molar-refractivity contribution in [3.8, 4) is 6.07 Å². The molecule has 1 aliphatic carbocycles. The molecule has 0 aliphatic heterocycles. The average molecular weight is 213 g/mol. The van der Waals surface area contributed by atoms with E-state index in [0.717, 1.165) is 6.42 Å². The molecule has 0 N–H and O–H groups in total.